The minimum atomic E-state index is -0.922. The molecular formula is C31H53N3O5. The Morgan fingerprint density at radius 1 is 0.974 bits per heavy atom. The lowest BCUT2D eigenvalue weighted by molar-refractivity contribution is -0.146. The van der Waals surface area contributed by atoms with E-state index in [0.717, 1.165) is 25.7 Å². The molecule has 0 saturated heterocycles. The van der Waals surface area contributed by atoms with Gasteiger partial charge in [-0.2, -0.15) is 0 Å². The van der Waals surface area contributed by atoms with Gasteiger partial charge in [-0.05, 0) is 76.5 Å². The number of carbonyl (C=O) groups excluding carboxylic acids is 3. The number of carbonyl (C=O) groups is 3. The zero-order valence-electron chi connectivity index (χ0n) is 25.7. The molecule has 0 aliphatic heterocycles. The van der Waals surface area contributed by atoms with Crippen LogP contribution in [-0.2, 0) is 14.3 Å². The molecule has 0 spiro atoms. The summed E-state index contributed by atoms with van der Waals surface area (Å²) in [5.74, 6) is -0.298. The lowest BCUT2D eigenvalue weighted by atomic mass is 9.93. The number of benzene rings is 1. The van der Waals surface area contributed by atoms with Gasteiger partial charge >= 0.3 is 6.09 Å². The highest BCUT2D eigenvalue weighted by atomic mass is 16.6. The fourth-order valence-electron chi connectivity index (χ4n) is 4.37. The molecule has 0 aromatic heterocycles. The Kier molecular flexibility index (Phi) is 14.4. The summed E-state index contributed by atoms with van der Waals surface area (Å²) in [6.07, 6.45) is 4.42. The Bertz CT molecular complexity index is 894. The highest BCUT2D eigenvalue weighted by Crippen LogP contribution is 2.30. The van der Waals surface area contributed by atoms with Gasteiger partial charge in [0, 0.05) is 12.6 Å². The number of nitrogens with one attached hydrogen (secondary N) is 2. The van der Waals surface area contributed by atoms with Crippen molar-refractivity contribution >= 4 is 17.9 Å². The average Bonchev–Trinajstić information content (AvgIpc) is 2.85. The van der Waals surface area contributed by atoms with Gasteiger partial charge in [0.05, 0.1) is 0 Å². The average molecular weight is 548 g/mol. The third-order valence-electron chi connectivity index (χ3n) is 6.86. The lowest BCUT2D eigenvalue weighted by Gasteiger charge is -2.40. The second kappa shape index (κ2) is 16.4. The number of phenols is 1. The largest absolute Gasteiger partial charge is 0.508 e. The lowest BCUT2D eigenvalue weighted by Crippen LogP contribution is -2.57. The van der Waals surface area contributed by atoms with Gasteiger partial charge in [-0.3, -0.25) is 9.59 Å². The summed E-state index contributed by atoms with van der Waals surface area (Å²) in [5.41, 5.74) is -0.115. The normalized spacial score (nSPS) is 14.7. The molecule has 4 unspecified atom stereocenters. The molecule has 0 saturated carbocycles. The van der Waals surface area contributed by atoms with Crippen molar-refractivity contribution in [3.05, 3.63) is 29.8 Å². The Labute approximate surface area is 236 Å². The van der Waals surface area contributed by atoms with Crippen LogP contribution in [0.5, 0.6) is 5.75 Å². The molecule has 222 valence electrons. The molecule has 39 heavy (non-hydrogen) atoms. The molecule has 1 aromatic carbocycles. The number of unbranched alkanes of at least 4 members (excludes halogenated alkanes) is 2. The number of ether oxygens (including phenoxy) is 1. The zero-order valence-corrected chi connectivity index (χ0v) is 25.7. The third-order valence-corrected chi connectivity index (χ3v) is 6.86. The van der Waals surface area contributed by atoms with Gasteiger partial charge in [-0.15, -0.1) is 0 Å². The van der Waals surface area contributed by atoms with Crippen LogP contribution < -0.4 is 10.6 Å². The van der Waals surface area contributed by atoms with Crippen LogP contribution in [0.3, 0.4) is 0 Å². The molecule has 0 aliphatic rings. The zero-order chi connectivity index (χ0) is 29.8. The maximum atomic E-state index is 14.4. The molecule has 8 nitrogen and oxygen atoms in total. The molecule has 0 aliphatic carbocycles. The van der Waals surface area contributed by atoms with Gasteiger partial charge in [-0.25, -0.2) is 4.79 Å². The van der Waals surface area contributed by atoms with Crippen LogP contribution in [0.4, 0.5) is 4.79 Å². The van der Waals surface area contributed by atoms with Gasteiger partial charge in [0.1, 0.15) is 23.4 Å². The minimum absolute atomic E-state index is 0.0793. The van der Waals surface area contributed by atoms with Crippen LogP contribution in [0.2, 0.25) is 0 Å². The van der Waals surface area contributed by atoms with E-state index in [0.29, 0.717) is 30.9 Å². The second-order valence-electron chi connectivity index (χ2n) is 12.1. The highest BCUT2D eigenvalue weighted by molar-refractivity contribution is 5.92. The number of aromatic hydroxyl groups is 1. The first kappa shape index (κ1) is 34.3. The molecule has 0 radical (unpaired) electrons. The Morgan fingerprint density at radius 3 is 2.10 bits per heavy atom. The fourth-order valence-corrected chi connectivity index (χ4v) is 4.37. The third kappa shape index (κ3) is 11.9. The van der Waals surface area contributed by atoms with E-state index in [1.807, 2.05) is 20.8 Å². The molecule has 1 aromatic rings. The van der Waals surface area contributed by atoms with Crippen molar-refractivity contribution in [2.24, 2.45) is 11.8 Å². The summed E-state index contributed by atoms with van der Waals surface area (Å²) in [4.78, 5) is 42.6. The minimum Gasteiger partial charge on any atom is -0.508 e. The van der Waals surface area contributed by atoms with Crippen molar-refractivity contribution in [3.63, 3.8) is 0 Å². The van der Waals surface area contributed by atoms with Crippen LogP contribution in [0.15, 0.2) is 24.3 Å². The molecule has 3 N–H and O–H groups in total. The van der Waals surface area contributed by atoms with Crippen LogP contribution in [0.1, 0.15) is 112 Å². The summed E-state index contributed by atoms with van der Waals surface area (Å²) in [5, 5.41) is 15.8. The van der Waals surface area contributed by atoms with E-state index < -0.39 is 23.8 Å². The van der Waals surface area contributed by atoms with Crippen molar-refractivity contribution in [3.8, 4) is 5.75 Å². The quantitative estimate of drug-likeness (QED) is 0.222. The second-order valence-corrected chi connectivity index (χ2v) is 12.1. The number of nitrogens with zero attached hydrogens (tertiary/aromatic N) is 1. The Balaban J connectivity index is 3.57. The predicted molar refractivity (Wildman–Crippen MR) is 156 cm³/mol. The molecule has 0 heterocycles. The number of alkyl carbamates (subject to hydrolysis) is 1. The van der Waals surface area contributed by atoms with Crippen molar-refractivity contribution in [1.29, 1.82) is 0 Å². The van der Waals surface area contributed by atoms with E-state index in [1.165, 1.54) is 12.1 Å². The van der Waals surface area contributed by atoms with Gasteiger partial charge in [0.2, 0.25) is 11.8 Å². The topological polar surface area (TPSA) is 108 Å². The van der Waals surface area contributed by atoms with E-state index in [4.69, 9.17) is 4.74 Å². The molecule has 4 atom stereocenters. The maximum Gasteiger partial charge on any atom is 0.408 e. The van der Waals surface area contributed by atoms with Crippen LogP contribution in [0, 0.1) is 11.8 Å². The number of hydrogen-bond donors (Lipinski definition) is 3. The number of hydrogen-bond acceptors (Lipinski definition) is 5. The van der Waals surface area contributed by atoms with Gasteiger partial charge in [0.25, 0.3) is 0 Å². The van der Waals surface area contributed by atoms with Crippen molar-refractivity contribution < 1.29 is 24.2 Å². The molecule has 0 bridgehead atoms. The Hall–Kier alpha value is -2.77. The smallest absolute Gasteiger partial charge is 0.408 e. The SMILES string of the molecule is CCCCCNC(=O)C(c1ccc(O)cc1)N(C(=O)C(NC(=O)OC(C)(C)C)C(C)CC)C(C)CCC(C)C. The highest BCUT2D eigenvalue weighted by Gasteiger charge is 2.40. The van der Waals surface area contributed by atoms with Crippen molar-refractivity contribution in [2.75, 3.05) is 6.54 Å². The molecule has 3 amide bonds. The van der Waals surface area contributed by atoms with E-state index in [2.05, 4.69) is 31.4 Å². The first-order valence-corrected chi connectivity index (χ1v) is 14.6. The predicted octanol–water partition coefficient (Wildman–Crippen LogP) is 6.33. The molecule has 8 heteroatoms. The number of rotatable bonds is 15. The van der Waals surface area contributed by atoms with E-state index >= 15 is 0 Å². The Morgan fingerprint density at radius 2 is 1.59 bits per heavy atom. The first-order valence-electron chi connectivity index (χ1n) is 14.6. The van der Waals surface area contributed by atoms with Crippen LogP contribution >= 0.6 is 0 Å². The fraction of sp³-hybridized carbons (Fsp3) is 0.710. The number of amides is 3. The van der Waals surface area contributed by atoms with Gasteiger partial charge in [0.15, 0.2) is 0 Å². The molecule has 1 rings (SSSR count). The summed E-state index contributed by atoms with van der Waals surface area (Å²) >= 11 is 0. The maximum absolute atomic E-state index is 14.4. The summed E-state index contributed by atoms with van der Waals surface area (Å²) in [7, 11) is 0. The van der Waals surface area contributed by atoms with Gasteiger partial charge < -0.3 is 25.4 Å². The van der Waals surface area contributed by atoms with Crippen LogP contribution in [-0.4, -0.2) is 52.1 Å². The molecule has 0 fully saturated rings. The summed E-state index contributed by atoms with van der Waals surface area (Å²) < 4.78 is 5.49. The summed E-state index contributed by atoms with van der Waals surface area (Å²) in [6, 6.07) is 4.33. The van der Waals surface area contributed by atoms with E-state index in [-0.39, 0.29) is 29.5 Å². The van der Waals surface area contributed by atoms with E-state index in [9.17, 15) is 19.5 Å². The van der Waals surface area contributed by atoms with E-state index in [1.54, 1.807) is 37.8 Å². The van der Waals surface area contributed by atoms with Crippen molar-refractivity contribution in [2.45, 2.75) is 125 Å². The summed E-state index contributed by atoms with van der Waals surface area (Å²) in [6.45, 7) is 18.0. The molecular weight excluding hydrogens is 494 g/mol. The monoisotopic (exact) mass is 547 g/mol. The van der Waals surface area contributed by atoms with Crippen LogP contribution in [0.25, 0.3) is 0 Å². The number of phenolic OH excluding ortho intramolecular Hbond substituents is 1. The standard InChI is InChI=1S/C31H53N3O5/c1-10-12-13-20-32-28(36)27(24-16-18-25(35)19-17-24)34(23(6)15-14-21(3)4)29(37)26(22(5)11-2)33-30(38)39-31(7,8)9/h16-19,21-23,26-27,35H,10-15,20H2,1-9H3,(H,32,36)(H,33,38). The van der Waals surface area contributed by atoms with Crippen molar-refractivity contribution in [1.82, 2.24) is 15.5 Å². The van der Waals surface area contributed by atoms with Gasteiger partial charge in [-0.1, -0.05) is 66.0 Å². The first-order chi connectivity index (χ1) is 18.2.